The fourth-order valence-electron chi connectivity index (χ4n) is 3.00. The second kappa shape index (κ2) is 9.07. The van der Waals surface area contributed by atoms with Gasteiger partial charge in [-0.1, -0.05) is 23.7 Å². The Balaban J connectivity index is 1.42. The third kappa shape index (κ3) is 5.04. The number of benzene rings is 3. The van der Waals surface area contributed by atoms with Gasteiger partial charge in [0.15, 0.2) is 0 Å². The van der Waals surface area contributed by atoms with Gasteiger partial charge in [0, 0.05) is 17.8 Å². The Labute approximate surface area is 188 Å². The summed E-state index contributed by atoms with van der Waals surface area (Å²) in [6.07, 6.45) is 1.94. The Kier molecular flexibility index (Phi) is 6.04. The molecule has 0 bridgehead atoms. The summed E-state index contributed by atoms with van der Waals surface area (Å²) in [5, 5.41) is 17.5. The summed E-state index contributed by atoms with van der Waals surface area (Å²) in [5.41, 5.74) is 1.09. The number of carbonyl (C=O) groups excluding carboxylic acids is 2. The largest absolute Gasteiger partial charge is 0.423 e. The van der Waals surface area contributed by atoms with E-state index >= 15 is 0 Å². The van der Waals surface area contributed by atoms with E-state index in [0.29, 0.717) is 22.0 Å². The SMILES string of the molecule is O=C(Oc1ccc(NC(=O)c2ccccc2Cl)cc1)c1ccc(NC2CC2)c([N+](=O)[O-])c1. The average molecular weight is 452 g/mol. The van der Waals surface area contributed by atoms with E-state index < -0.39 is 10.9 Å². The van der Waals surface area contributed by atoms with Gasteiger partial charge < -0.3 is 15.4 Å². The van der Waals surface area contributed by atoms with E-state index in [-0.39, 0.29) is 28.9 Å². The van der Waals surface area contributed by atoms with Gasteiger partial charge in [-0.3, -0.25) is 14.9 Å². The maximum absolute atomic E-state index is 12.5. The lowest BCUT2D eigenvalue weighted by molar-refractivity contribution is -0.384. The zero-order valence-electron chi connectivity index (χ0n) is 16.7. The van der Waals surface area contributed by atoms with E-state index in [0.717, 1.165) is 12.8 Å². The van der Waals surface area contributed by atoms with Gasteiger partial charge in [0.05, 0.1) is 21.1 Å². The Morgan fingerprint density at radius 1 is 1.03 bits per heavy atom. The van der Waals surface area contributed by atoms with E-state index in [2.05, 4.69) is 10.6 Å². The first-order chi connectivity index (χ1) is 15.4. The van der Waals surface area contributed by atoms with Crippen molar-refractivity contribution in [1.29, 1.82) is 0 Å². The van der Waals surface area contributed by atoms with Crippen molar-refractivity contribution in [3.05, 3.63) is 93.0 Å². The maximum Gasteiger partial charge on any atom is 0.343 e. The van der Waals surface area contributed by atoms with Crippen LogP contribution in [0.5, 0.6) is 5.75 Å². The number of carbonyl (C=O) groups is 2. The first-order valence-corrected chi connectivity index (χ1v) is 10.2. The summed E-state index contributed by atoms with van der Waals surface area (Å²) >= 11 is 6.03. The third-order valence-electron chi connectivity index (χ3n) is 4.81. The zero-order valence-corrected chi connectivity index (χ0v) is 17.5. The fourth-order valence-corrected chi connectivity index (χ4v) is 3.22. The summed E-state index contributed by atoms with van der Waals surface area (Å²) in [6.45, 7) is 0. The number of halogens is 1. The molecule has 1 amide bonds. The molecule has 0 unspecified atom stereocenters. The second-order valence-electron chi connectivity index (χ2n) is 7.26. The minimum Gasteiger partial charge on any atom is -0.423 e. The molecule has 9 heteroatoms. The molecule has 1 aliphatic carbocycles. The molecule has 3 aromatic rings. The van der Waals surface area contributed by atoms with Crippen molar-refractivity contribution in [2.24, 2.45) is 0 Å². The highest BCUT2D eigenvalue weighted by atomic mass is 35.5. The Morgan fingerprint density at radius 3 is 2.41 bits per heavy atom. The highest BCUT2D eigenvalue weighted by Crippen LogP contribution is 2.32. The highest BCUT2D eigenvalue weighted by molar-refractivity contribution is 6.34. The predicted molar refractivity (Wildman–Crippen MR) is 121 cm³/mol. The molecule has 0 atom stereocenters. The summed E-state index contributed by atoms with van der Waals surface area (Å²) in [4.78, 5) is 35.6. The first kappa shape index (κ1) is 21.3. The van der Waals surface area contributed by atoms with Gasteiger partial charge >= 0.3 is 5.97 Å². The number of rotatable bonds is 7. The Morgan fingerprint density at radius 2 is 1.75 bits per heavy atom. The van der Waals surface area contributed by atoms with Crippen LogP contribution in [0, 0.1) is 10.1 Å². The van der Waals surface area contributed by atoms with Gasteiger partial charge in [-0.05, 0) is 61.4 Å². The molecule has 0 radical (unpaired) electrons. The zero-order chi connectivity index (χ0) is 22.7. The molecule has 8 nitrogen and oxygen atoms in total. The van der Waals surface area contributed by atoms with Crippen molar-refractivity contribution in [3.8, 4) is 5.75 Å². The lowest BCUT2D eigenvalue weighted by Gasteiger charge is -2.09. The first-order valence-electron chi connectivity index (χ1n) is 9.84. The van der Waals surface area contributed by atoms with E-state index in [1.54, 1.807) is 36.4 Å². The smallest absolute Gasteiger partial charge is 0.343 e. The molecule has 162 valence electrons. The molecule has 0 aliphatic heterocycles. The molecular weight excluding hydrogens is 434 g/mol. The number of nitrogens with zero attached hydrogens (tertiary/aromatic N) is 1. The molecule has 1 fully saturated rings. The van der Waals surface area contributed by atoms with Gasteiger partial charge in [-0.2, -0.15) is 0 Å². The van der Waals surface area contributed by atoms with E-state index in [1.165, 1.54) is 30.3 Å². The molecule has 3 aromatic carbocycles. The van der Waals surface area contributed by atoms with Crippen LogP contribution >= 0.6 is 11.6 Å². The van der Waals surface area contributed by atoms with Crippen LogP contribution in [0.25, 0.3) is 0 Å². The molecule has 0 aromatic heterocycles. The van der Waals surface area contributed by atoms with Gasteiger partial charge in [-0.25, -0.2) is 4.79 Å². The minimum absolute atomic E-state index is 0.0640. The topological polar surface area (TPSA) is 111 Å². The number of ether oxygens (including phenoxy) is 1. The molecule has 4 rings (SSSR count). The Hall–Kier alpha value is -3.91. The van der Waals surface area contributed by atoms with E-state index in [1.807, 2.05) is 0 Å². The number of hydrogen-bond donors (Lipinski definition) is 2. The summed E-state index contributed by atoms with van der Waals surface area (Å²) < 4.78 is 5.32. The minimum atomic E-state index is -0.723. The van der Waals surface area contributed by atoms with E-state index in [4.69, 9.17) is 16.3 Å². The quantitative estimate of drug-likeness (QED) is 0.218. The highest BCUT2D eigenvalue weighted by Gasteiger charge is 2.26. The van der Waals surface area contributed by atoms with Crippen LogP contribution < -0.4 is 15.4 Å². The lowest BCUT2D eigenvalue weighted by atomic mass is 10.1. The number of nitro benzene ring substituents is 1. The molecule has 0 spiro atoms. The van der Waals surface area contributed by atoms with Crippen molar-refractivity contribution < 1.29 is 19.2 Å². The summed E-state index contributed by atoms with van der Waals surface area (Å²) in [6, 6.07) is 17.3. The summed E-state index contributed by atoms with van der Waals surface area (Å²) in [5.74, 6) is -0.861. The van der Waals surface area contributed by atoms with Crippen molar-refractivity contribution in [2.45, 2.75) is 18.9 Å². The van der Waals surface area contributed by atoms with Gasteiger partial charge in [-0.15, -0.1) is 0 Å². The van der Waals surface area contributed by atoms with Gasteiger partial charge in [0.2, 0.25) is 0 Å². The van der Waals surface area contributed by atoms with Crippen LogP contribution in [0.15, 0.2) is 66.7 Å². The van der Waals surface area contributed by atoms with Gasteiger partial charge in [0.25, 0.3) is 11.6 Å². The molecule has 2 N–H and O–H groups in total. The van der Waals surface area contributed by atoms with Crippen molar-refractivity contribution in [3.63, 3.8) is 0 Å². The number of nitrogens with one attached hydrogen (secondary N) is 2. The Bertz CT molecular complexity index is 1190. The molecule has 0 saturated heterocycles. The van der Waals surface area contributed by atoms with Crippen molar-refractivity contribution in [2.75, 3.05) is 10.6 Å². The molecule has 32 heavy (non-hydrogen) atoms. The van der Waals surface area contributed by atoms with Crippen LogP contribution in [0.3, 0.4) is 0 Å². The monoisotopic (exact) mass is 451 g/mol. The predicted octanol–water partition coefficient (Wildman–Crippen LogP) is 5.29. The van der Waals surface area contributed by atoms with Crippen molar-refractivity contribution in [1.82, 2.24) is 0 Å². The fraction of sp³-hybridized carbons (Fsp3) is 0.130. The number of esters is 1. The number of hydrogen-bond acceptors (Lipinski definition) is 6. The van der Waals surface area contributed by atoms with E-state index in [9.17, 15) is 19.7 Å². The van der Waals surface area contributed by atoms with Gasteiger partial charge in [0.1, 0.15) is 11.4 Å². The van der Waals surface area contributed by atoms with Crippen LogP contribution in [-0.2, 0) is 0 Å². The van der Waals surface area contributed by atoms with Crippen molar-refractivity contribution >= 4 is 40.5 Å². The van der Waals surface area contributed by atoms with Crippen LogP contribution in [0.1, 0.15) is 33.6 Å². The molecule has 1 saturated carbocycles. The normalized spacial score (nSPS) is 12.7. The average Bonchev–Trinajstić information content (AvgIpc) is 3.59. The molecule has 0 heterocycles. The van der Waals surface area contributed by atoms with Crippen LogP contribution in [0.4, 0.5) is 17.1 Å². The standard InChI is InChI=1S/C23H18ClN3O5/c24-19-4-2-1-3-18(19)22(28)26-16-8-10-17(11-9-16)32-23(29)14-5-12-20(25-15-6-7-15)21(13-14)27(30)31/h1-5,8-13,15,25H,6-7H2,(H,26,28). The number of amides is 1. The molecular formula is C23H18ClN3O5. The van der Waals surface area contributed by atoms with Crippen LogP contribution in [-0.4, -0.2) is 22.8 Å². The second-order valence-corrected chi connectivity index (χ2v) is 7.66. The van der Waals surface area contributed by atoms with Crippen LogP contribution in [0.2, 0.25) is 5.02 Å². The summed E-state index contributed by atoms with van der Waals surface area (Å²) in [7, 11) is 0. The maximum atomic E-state index is 12.5. The third-order valence-corrected chi connectivity index (χ3v) is 5.14. The molecule has 1 aliphatic rings. The number of anilines is 2. The lowest BCUT2D eigenvalue weighted by Crippen LogP contribution is -2.12. The number of nitro groups is 1.